The molecule has 2 heterocycles. The maximum atomic E-state index is 12.2. The first-order valence-corrected chi connectivity index (χ1v) is 10.4. The lowest BCUT2D eigenvalue weighted by atomic mass is 10.0. The second-order valence-corrected chi connectivity index (χ2v) is 7.46. The molecule has 0 aliphatic carbocycles. The summed E-state index contributed by atoms with van der Waals surface area (Å²) >= 11 is 1.45. The van der Waals surface area contributed by atoms with E-state index in [0.29, 0.717) is 5.01 Å². The Hall–Kier alpha value is -3.59. The molecule has 0 aliphatic rings. The average Bonchev–Trinajstić information content (AvgIpc) is 3.35. The van der Waals surface area contributed by atoms with Gasteiger partial charge in [-0.05, 0) is 30.6 Å². The number of carbonyl (C=O) groups is 2. The molecule has 0 unspecified atom stereocenters. The third-order valence-corrected chi connectivity index (χ3v) is 5.21. The molecule has 0 aromatic carbocycles. The molecule has 0 atom stereocenters. The number of allylic oxidation sites excluding steroid dienone is 7. The van der Waals surface area contributed by atoms with Gasteiger partial charge in [0.1, 0.15) is 5.01 Å². The number of thiazole rings is 1. The van der Waals surface area contributed by atoms with Crippen LogP contribution in [0.2, 0.25) is 0 Å². The van der Waals surface area contributed by atoms with E-state index in [1.54, 1.807) is 6.08 Å². The molecule has 8 nitrogen and oxygen atoms in total. The molecule has 0 aliphatic heterocycles. The topological polar surface area (TPSA) is 124 Å². The Morgan fingerprint density at radius 2 is 2.03 bits per heavy atom. The Balaban J connectivity index is 2.07. The quantitative estimate of drug-likeness (QED) is 0.517. The largest absolute Gasteiger partial charge is 0.415 e. The van der Waals surface area contributed by atoms with Gasteiger partial charge in [-0.25, -0.2) is 4.98 Å². The number of nitrogens with one attached hydrogen (secondary N) is 1. The van der Waals surface area contributed by atoms with Crippen LogP contribution in [0.4, 0.5) is 0 Å². The predicted molar refractivity (Wildman–Crippen MR) is 121 cm³/mol. The second-order valence-electron chi connectivity index (χ2n) is 6.35. The summed E-state index contributed by atoms with van der Waals surface area (Å²) in [6, 6.07) is 0. The van der Waals surface area contributed by atoms with E-state index in [0.717, 1.165) is 28.1 Å². The molecule has 0 radical (unpaired) electrons. The lowest BCUT2D eigenvalue weighted by Gasteiger charge is -2.05. The van der Waals surface area contributed by atoms with Crippen molar-refractivity contribution in [3.63, 3.8) is 0 Å². The van der Waals surface area contributed by atoms with Gasteiger partial charge in [0.15, 0.2) is 0 Å². The normalized spacial score (nSPS) is 12.2. The summed E-state index contributed by atoms with van der Waals surface area (Å²) in [5.41, 5.74) is 8.03. The molecular weight excluding hydrogens is 414 g/mol. The first-order valence-electron chi connectivity index (χ1n) is 9.55. The summed E-state index contributed by atoms with van der Waals surface area (Å²) in [5, 5.41) is 10.5. The molecule has 3 N–H and O–H groups in total. The van der Waals surface area contributed by atoms with Gasteiger partial charge >= 0.3 is 11.8 Å². The number of primary amides is 1. The third kappa shape index (κ3) is 7.00. The van der Waals surface area contributed by atoms with Gasteiger partial charge in [-0.2, -0.15) is 0 Å². The monoisotopic (exact) mass is 439 g/mol. The lowest BCUT2D eigenvalue weighted by Crippen LogP contribution is -2.24. The summed E-state index contributed by atoms with van der Waals surface area (Å²) in [6.45, 7) is 11.6. The molecule has 2 rings (SSSR count). The highest BCUT2D eigenvalue weighted by atomic mass is 32.1. The highest BCUT2D eigenvalue weighted by Crippen LogP contribution is 2.25. The molecular formula is C22H25N5O3S. The molecule has 0 spiro atoms. The zero-order chi connectivity index (χ0) is 22.8. The molecule has 0 fully saturated rings. The van der Waals surface area contributed by atoms with E-state index in [1.165, 1.54) is 11.3 Å². The molecule has 2 aromatic heterocycles. The number of rotatable bonds is 11. The Morgan fingerprint density at radius 3 is 2.65 bits per heavy atom. The minimum Gasteiger partial charge on any atom is -0.415 e. The first kappa shape index (κ1) is 23.7. The summed E-state index contributed by atoms with van der Waals surface area (Å²) < 4.78 is 5.04. The maximum Gasteiger partial charge on any atom is 0.306 e. The SMILES string of the molecule is C=C\C=C/C=C(CC)/C(C=C)=C/c1sc(CC(=O)NCc2nnc(C(N)=O)o2)nc1C. The van der Waals surface area contributed by atoms with Gasteiger partial charge in [-0.15, -0.1) is 21.5 Å². The maximum absolute atomic E-state index is 12.2. The van der Waals surface area contributed by atoms with Crippen molar-refractivity contribution >= 4 is 29.2 Å². The molecule has 0 saturated carbocycles. The van der Waals surface area contributed by atoms with Crippen molar-refractivity contribution in [1.29, 1.82) is 0 Å². The van der Waals surface area contributed by atoms with Crippen LogP contribution in [0.25, 0.3) is 6.08 Å². The zero-order valence-electron chi connectivity index (χ0n) is 17.6. The van der Waals surface area contributed by atoms with E-state index < -0.39 is 5.91 Å². The second kappa shape index (κ2) is 11.6. The van der Waals surface area contributed by atoms with Crippen LogP contribution in [0.3, 0.4) is 0 Å². The van der Waals surface area contributed by atoms with Crippen molar-refractivity contribution in [3.05, 3.63) is 82.0 Å². The highest BCUT2D eigenvalue weighted by molar-refractivity contribution is 7.12. The molecule has 2 amide bonds. The van der Waals surface area contributed by atoms with Crippen LogP contribution in [0.1, 0.15) is 45.5 Å². The Bertz CT molecular complexity index is 1060. The highest BCUT2D eigenvalue weighted by Gasteiger charge is 2.14. The van der Waals surface area contributed by atoms with E-state index >= 15 is 0 Å². The smallest absolute Gasteiger partial charge is 0.306 e. The van der Waals surface area contributed by atoms with Gasteiger partial charge in [0.2, 0.25) is 11.8 Å². The minimum absolute atomic E-state index is 0.000274. The number of aryl methyl sites for hydroxylation is 1. The molecule has 31 heavy (non-hydrogen) atoms. The van der Waals surface area contributed by atoms with Crippen molar-refractivity contribution in [1.82, 2.24) is 20.5 Å². The molecule has 2 aromatic rings. The van der Waals surface area contributed by atoms with Crippen LogP contribution in [-0.2, 0) is 17.8 Å². The zero-order valence-corrected chi connectivity index (χ0v) is 18.4. The number of hydrogen-bond donors (Lipinski definition) is 2. The number of amides is 2. The van der Waals surface area contributed by atoms with Crippen LogP contribution in [0.15, 0.2) is 59.1 Å². The van der Waals surface area contributed by atoms with Crippen LogP contribution in [0, 0.1) is 6.92 Å². The average molecular weight is 440 g/mol. The Kier molecular flexibility index (Phi) is 8.83. The van der Waals surface area contributed by atoms with Crippen molar-refractivity contribution in [3.8, 4) is 0 Å². The van der Waals surface area contributed by atoms with Crippen LogP contribution < -0.4 is 11.1 Å². The van der Waals surface area contributed by atoms with E-state index in [1.807, 2.05) is 37.3 Å². The van der Waals surface area contributed by atoms with E-state index in [4.69, 9.17) is 10.2 Å². The fraction of sp³-hybridized carbons (Fsp3) is 0.227. The Morgan fingerprint density at radius 1 is 1.26 bits per heavy atom. The fourth-order valence-corrected chi connectivity index (χ4v) is 3.59. The van der Waals surface area contributed by atoms with Crippen molar-refractivity contribution in [2.75, 3.05) is 0 Å². The molecule has 0 bridgehead atoms. The van der Waals surface area contributed by atoms with Gasteiger partial charge in [0.05, 0.1) is 23.5 Å². The minimum atomic E-state index is -0.819. The van der Waals surface area contributed by atoms with E-state index in [9.17, 15) is 9.59 Å². The van der Waals surface area contributed by atoms with Crippen LogP contribution in [0.5, 0.6) is 0 Å². The number of hydrogen-bond acceptors (Lipinski definition) is 7. The summed E-state index contributed by atoms with van der Waals surface area (Å²) in [7, 11) is 0. The molecule has 162 valence electrons. The van der Waals surface area contributed by atoms with Crippen molar-refractivity contribution in [2.45, 2.75) is 33.2 Å². The summed E-state index contributed by atoms with van der Waals surface area (Å²) in [5.74, 6) is -1.27. The molecule has 0 saturated heterocycles. The summed E-state index contributed by atoms with van der Waals surface area (Å²) in [6.07, 6.45) is 12.4. The van der Waals surface area contributed by atoms with Crippen LogP contribution >= 0.6 is 11.3 Å². The first-order chi connectivity index (χ1) is 14.9. The summed E-state index contributed by atoms with van der Waals surface area (Å²) in [4.78, 5) is 28.7. The molecule has 9 heteroatoms. The van der Waals surface area contributed by atoms with Crippen molar-refractivity contribution in [2.24, 2.45) is 5.73 Å². The number of nitrogens with zero attached hydrogens (tertiary/aromatic N) is 3. The third-order valence-electron chi connectivity index (χ3n) is 4.11. The van der Waals surface area contributed by atoms with Gasteiger partial charge in [0, 0.05) is 0 Å². The number of nitrogens with two attached hydrogens (primary N) is 1. The Labute approximate surface area is 185 Å². The van der Waals surface area contributed by atoms with E-state index in [-0.39, 0.29) is 30.7 Å². The number of carbonyl (C=O) groups excluding carboxylic acids is 2. The lowest BCUT2D eigenvalue weighted by molar-refractivity contribution is -0.120. The fourth-order valence-electron chi connectivity index (χ4n) is 2.57. The van der Waals surface area contributed by atoms with E-state index in [2.05, 4.69) is 40.6 Å². The van der Waals surface area contributed by atoms with Gasteiger partial charge in [-0.1, -0.05) is 50.5 Å². The van der Waals surface area contributed by atoms with Gasteiger partial charge < -0.3 is 15.5 Å². The standard InChI is InChI=1S/C22H25N5O3S/c1-5-8-9-10-15(6-2)16(7-3)11-17-14(4)25-20(31-17)12-18(28)24-13-19-26-27-22(30-19)21(23)29/h5,7-11H,1,3,6,12-13H2,2,4H3,(H2,23,29)(H,24,28)/b9-8-,15-10+,16-11+. The van der Waals surface area contributed by atoms with Gasteiger partial charge in [0.25, 0.3) is 0 Å². The van der Waals surface area contributed by atoms with Crippen LogP contribution in [-0.4, -0.2) is 27.0 Å². The van der Waals surface area contributed by atoms with Crippen molar-refractivity contribution < 1.29 is 14.0 Å². The number of aromatic nitrogens is 3. The van der Waals surface area contributed by atoms with Gasteiger partial charge in [-0.3, -0.25) is 9.59 Å². The predicted octanol–water partition coefficient (Wildman–Crippen LogP) is 3.44.